The van der Waals surface area contributed by atoms with E-state index in [1.54, 1.807) is 17.1 Å². The summed E-state index contributed by atoms with van der Waals surface area (Å²) in [5, 5.41) is 0. The Kier molecular flexibility index (Phi) is 11.6. The molecule has 0 bridgehead atoms. The maximum atomic E-state index is 13.2. The molecule has 1 aliphatic rings. The van der Waals surface area contributed by atoms with E-state index >= 15 is 0 Å². The van der Waals surface area contributed by atoms with E-state index < -0.39 is 47.4 Å². The van der Waals surface area contributed by atoms with Crippen LogP contribution in [0.25, 0.3) is 0 Å². The molecule has 1 aromatic heterocycles. The van der Waals surface area contributed by atoms with Gasteiger partial charge >= 0.3 is 17.8 Å². The lowest BCUT2D eigenvalue weighted by molar-refractivity contribution is -0.139. The molecule has 1 saturated heterocycles. The molecule has 218 valence electrons. The van der Waals surface area contributed by atoms with Crippen molar-refractivity contribution >= 4 is 5.97 Å². The molecule has 0 amide bonds. The lowest BCUT2D eigenvalue weighted by Crippen LogP contribution is -2.36. The molecule has 1 aromatic carbocycles. The highest BCUT2D eigenvalue weighted by Gasteiger charge is 2.40. The fourth-order valence-electron chi connectivity index (χ4n) is 4.59. The van der Waals surface area contributed by atoms with Crippen LogP contribution in [0, 0.1) is 12.3 Å². The van der Waals surface area contributed by atoms with Gasteiger partial charge in [0.2, 0.25) is 0 Å². The number of benzene rings is 1. The monoisotopic (exact) mass is 564 g/mol. The fraction of sp³-hybridized carbons (Fsp3) is 0.552. The number of carbonyl (C=O) groups excluding carboxylic acids is 1. The van der Waals surface area contributed by atoms with Crippen molar-refractivity contribution < 1.29 is 32.2 Å². The van der Waals surface area contributed by atoms with Crippen molar-refractivity contribution in [2.24, 2.45) is 0 Å². The Labute approximate surface area is 230 Å². The number of nitrogens with one attached hydrogen (secondary N) is 1. The molecule has 0 radical (unpaired) electrons. The Morgan fingerprint density at radius 1 is 1.12 bits per heavy atom. The van der Waals surface area contributed by atoms with Crippen molar-refractivity contribution in [2.45, 2.75) is 89.3 Å². The van der Waals surface area contributed by atoms with Crippen LogP contribution in [0.3, 0.4) is 0 Å². The summed E-state index contributed by atoms with van der Waals surface area (Å²) in [6.45, 7) is 1.79. The summed E-state index contributed by atoms with van der Waals surface area (Å²) in [5.41, 5.74) is -2.70. The van der Waals surface area contributed by atoms with Gasteiger partial charge in [0.25, 0.3) is 5.56 Å². The van der Waals surface area contributed by atoms with Crippen LogP contribution in [0.15, 0.2) is 40.1 Å². The van der Waals surface area contributed by atoms with Gasteiger partial charge in [-0.1, -0.05) is 63.5 Å². The summed E-state index contributed by atoms with van der Waals surface area (Å²) < 4.78 is 57.0. The minimum atomic E-state index is -4.97. The van der Waals surface area contributed by atoms with Gasteiger partial charge in [-0.3, -0.25) is 14.3 Å². The van der Waals surface area contributed by atoms with E-state index in [1.165, 1.54) is 38.5 Å². The third-order valence-corrected chi connectivity index (χ3v) is 6.78. The average Bonchev–Trinajstić information content (AvgIpc) is 3.32. The van der Waals surface area contributed by atoms with Gasteiger partial charge in [-0.15, -0.1) is 6.42 Å². The number of unbranched alkanes of at least 4 members (excludes halogenated alkanes) is 6. The first-order valence-corrected chi connectivity index (χ1v) is 13.5. The van der Waals surface area contributed by atoms with Gasteiger partial charge in [-0.25, -0.2) is 9.59 Å². The van der Waals surface area contributed by atoms with Crippen molar-refractivity contribution in [3.8, 4) is 12.3 Å². The number of carbonyl (C=O) groups is 1. The normalized spacial score (nSPS) is 18.9. The van der Waals surface area contributed by atoms with Crippen LogP contribution in [-0.4, -0.2) is 40.9 Å². The fourth-order valence-corrected chi connectivity index (χ4v) is 4.59. The first kappa shape index (κ1) is 31.2. The summed E-state index contributed by atoms with van der Waals surface area (Å²) in [5.74, 6) is 1.69. The number of aromatic nitrogens is 2. The lowest BCUT2D eigenvalue weighted by atomic mass is 10.0. The molecule has 40 heavy (non-hydrogen) atoms. The van der Waals surface area contributed by atoms with E-state index in [2.05, 4.69) is 12.8 Å². The summed E-state index contributed by atoms with van der Waals surface area (Å²) in [6, 6.07) is 7.13. The van der Waals surface area contributed by atoms with Gasteiger partial charge in [-0.05, 0) is 30.5 Å². The lowest BCUT2D eigenvalue weighted by Gasteiger charge is -2.18. The van der Waals surface area contributed by atoms with Gasteiger partial charge in [0.15, 0.2) is 0 Å². The second kappa shape index (κ2) is 14.9. The predicted molar refractivity (Wildman–Crippen MR) is 142 cm³/mol. The molecule has 2 aromatic rings. The molecular formula is C29H35F3N2O6. The number of H-pyrrole nitrogens is 1. The van der Waals surface area contributed by atoms with Gasteiger partial charge in [0.1, 0.15) is 31.1 Å². The van der Waals surface area contributed by atoms with Crippen LogP contribution in [0.2, 0.25) is 0 Å². The zero-order chi connectivity index (χ0) is 29.1. The third kappa shape index (κ3) is 8.83. The van der Waals surface area contributed by atoms with Crippen molar-refractivity contribution in [2.75, 3.05) is 13.2 Å². The number of rotatable bonds is 14. The van der Waals surface area contributed by atoms with Crippen molar-refractivity contribution in [1.82, 2.24) is 9.55 Å². The molecular weight excluding hydrogens is 529 g/mol. The predicted octanol–water partition coefficient (Wildman–Crippen LogP) is 5.01. The van der Waals surface area contributed by atoms with Crippen LogP contribution in [0.5, 0.6) is 0 Å². The first-order valence-electron chi connectivity index (χ1n) is 13.5. The highest BCUT2D eigenvalue weighted by atomic mass is 19.4. The van der Waals surface area contributed by atoms with E-state index in [4.69, 9.17) is 20.6 Å². The zero-order valence-corrected chi connectivity index (χ0v) is 22.5. The van der Waals surface area contributed by atoms with Crippen LogP contribution in [-0.2, 0) is 26.8 Å². The van der Waals surface area contributed by atoms with Crippen molar-refractivity contribution in [3.05, 3.63) is 68.0 Å². The number of hydrogen-bond donors (Lipinski definition) is 1. The topological polar surface area (TPSA) is 99.6 Å². The highest BCUT2D eigenvalue weighted by molar-refractivity contribution is 5.89. The quantitative estimate of drug-likeness (QED) is 0.197. The van der Waals surface area contributed by atoms with Crippen LogP contribution < -0.4 is 11.2 Å². The molecule has 2 heterocycles. The van der Waals surface area contributed by atoms with E-state index in [0.717, 1.165) is 18.4 Å². The summed E-state index contributed by atoms with van der Waals surface area (Å²) in [6.07, 6.45) is 7.20. The Balaban J connectivity index is 1.58. The standard InChI is InChI=1S/C29H35F3N2O6/c1-3-5-6-7-8-9-10-11-20-12-14-21(15-13-20)27(36)39-19-24-23(38-16-4-2)17-25(40-24)34-18-22(29(30,31)32)26(35)33-28(34)37/h2,12-15,18,23-25H,3,5-11,16-17,19H2,1H3,(H,33,35,37)/t23-,24+,25+/m0/s1. The number of esters is 1. The summed E-state index contributed by atoms with van der Waals surface area (Å²) >= 11 is 0. The number of hydrogen-bond acceptors (Lipinski definition) is 6. The molecule has 0 saturated carbocycles. The van der Waals surface area contributed by atoms with Crippen molar-refractivity contribution in [3.63, 3.8) is 0 Å². The molecule has 1 aliphatic heterocycles. The van der Waals surface area contributed by atoms with E-state index in [-0.39, 0.29) is 19.6 Å². The van der Waals surface area contributed by atoms with Gasteiger partial charge in [0.05, 0.1) is 11.7 Å². The smallest absolute Gasteiger partial charge is 0.423 e. The van der Waals surface area contributed by atoms with E-state index in [1.807, 2.05) is 12.1 Å². The minimum Gasteiger partial charge on any atom is -0.459 e. The number of ether oxygens (including phenoxy) is 3. The van der Waals surface area contributed by atoms with Gasteiger partial charge in [-0.2, -0.15) is 13.2 Å². The Bertz CT molecular complexity index is 1260. The molecule has 3 atom stereocenters. The van der Waals surface area contributed by atoms with Crippen LogP contribution in [0.1, 0.15) is 86.0 Å². The Morgan fingerprint density at radius 3 is 2.45 bits per heavy atom. The molecule has 0 unspecified atom stereocenters. The molecule has 11 heteroatoms. The molecule has 8 nitrogen and oxygen atoms in total. The zero-order valence-electron chi connectivity index (χ0n) is 22.5. The van der Waals surface area contributed by atoms with E-state index in [0.29, 0.717) is 16.3 Å². The number of alkyl halides is 3. The highest BCUT2D eigenvalue weighted by Crippen LogP contribution is 2.32. The molecule has 0 spiro atoms. The summed E-state index contributed by atoms with van der Waals surface area (Å²) in [4.78, 5) is 38.2. The third-order valence-electron chi connectivity index (χ3n) is 6.78. The number of terminal acetylenes is 1. The Hall–Kier alpha value is -3.36. The van der Waals surface area contributed by atoms with Crippen LogP contribution in [0.4, 0.5) is 13.2 Å². The van der Waals surface area contributed by atoms with Gasteiger partial charge in [0, 0.05) is 12.6 Å². The summed E-state index contributed by atoms with van der Waals surface area (Å²) in [7, 11) is 0. The second-order valence-corrected chi connectivity index (χ2v) is 9.79. The first-order chi connectivity index (χ1) is 19.1. The number of nitrogens with zero attached hydrogens (tertiary/aromatic N) is 1. The van der Waals surface area contributed by atoms with E-state index in [9.17, 15) is 27.6 Å². The van der Waals surface area contributed by atoms with Gasteiger partial charge < -0.3 is 14.2 Å². The molecule has 1 fully saturated rings. The molecule has 1 N–H and O–H groups in total. The van der Waals surface area contributed by atoms with Crippen LogP contribution >= 0.6 is 0 Å². The minimum absolute atomic E-state index is 0.0551. The largest absolute Gasteiger partial charge is 0.459 e. The maximum Gasteiger partial charge on any atom is 0.423 e. The second-order valence-electron chi connectivity index (χ2n) is 9.79. The van der Waals surface area contributed by atoms with Crippen molar-refractivity contribution in [1.29, 1.82) is 0 Å². The Morgan fingerprint density at radius 2 is 1.80 bits per heavy atom. The number of halogens is 3. The average molecular weight is 565 g/mol. The molecule has 3 rings (SSSR count). The SMILES string of the molecule is C#CCO[C@H]1C[C@H](n2cc(C(F)(F)F)c(=O)[nH]c2=O)O[C@@H]1COC(=O)c1ccc(CCCCCCCCC)cc1. The molecule has 0 aliphatic carbocycles. The maximum absolute atomic E-state index is 13.2. The number of aryl methyl sites for hydroxylation is 1. The number of aromatic amines is 1.